The highest BCUT2D eigenvalue weighted by molar-refractivity contribution is 5.79. The maximum atomic E-state index is 11.6. The number of hydrogen-bond donors (Lipinski definition) is 0. The fourth-order valence-electron chi connectivity index (χ4n) is 2.49. The lowest BCUT2D eigenvalue weighted by Crippen LogP contribution is -2.07. The molecule has 1 aliphatic rings. The fourth-order valence-corrected chi connectivity index (χ4v) is 2.49. The Morgan fingerprint density at radius 2 is 1.87 bits per heavy atom. The zero-order valence-corrected chi connectivity index (χ0v) is 9.36. The minimum absolute atomic E-state index is 0.0184. The van der Waals surface area contributed by atoms with Crippen LogP contribution in [0.15, 0.2) is 30.3 Å². The van der Waals surface area contributed by atoms with Gasteiger partial charge in [-0.3, -0.25) is 4.79 Å². The summed E-state index contributed by atoms with van der Waals surface area (Å²) in [6.45, 7) is 4.23. The molecular formula is C13H16O2. The molecule has 80 valence electrons. The van der Waals surface area contributed by atoms with E-state index in [1.54, 1.807) is 0 Å². The summed E-state index contributed by atoms with van der Waals surface area (Å²) in [5.74, 6) is 0.241. The molecule has 0 bridgehead atoms. The lowest BCUT2D eigenvalue weighted by molar-refractivity contribution is -0.143. The summed E-state index contributed by atoms with van der Waals surface area (Å²) in [4.78, 5) is 11.6. The molecule has 1 unspecified atom stereocenters. The lowest BCUT2D eigenvalue weighted by Gasteiger charge is -2.01. The molecule has 15 heavy (non-hydrogen) atoms. The number of esters is 1. The zero-order valence-electron chi connectivity index (χ0n) is 9.36. The molecule has 1 aliphatic carbocycles. The summed E-state index contributed by atoms with van der Waals surface area (Å²) in [5.41, 5.74) is 1.27. The van der Waals surface area contributed by atoms with Crippen LogP contribution in [0.3, 0.4) is 0 Å². The monoisotopic (exact) mass is 204 g/mol. The molecule has 2 atom stereocenters. The molecule has 1 saturated carbocycles. The van der Waals surface area contributed by atoms with Crippen molar-refractivity contribution < 1.29 is 9.53 Å². The van der Waals surface area contributed by atoms with Crippen molar-refractivity contribution in [3.8, 4) is 0 Å². The molecule has 0 radical (unpaired) electrons. The van der Waals surface area contributed by atoms with E-state index in [-0.39, 0.29) is 17.3 Å². The van der Waals surface area contributed by atoms with Crippen LogP contribution < -0.4 is 0 Å². The number of rotatable bonds is 2. The molecule has 1 fully saturated rings. The van der Waals surface area contributed by atoms with Gasteiger partial charge in [-0.15, -0.1) is 0 Å². The lowest BCUT2D eigenvalue weighted by atomic mass is 10.0. The molecule has 1 aromatic rings. The minimum Gasteiger partial charge on any atom is -0.469 e. The van der Waals surface area contributed by atoms with Crippen LogP contribution in [0.25, 0.3) is 0 Å². The highest BCUT2D eigenvalue weighted by Crippen LogP contribution is 2.64. The fraction of sp³-hybridized carbons (Fsp3) is 0.462. The number of benzene rings is 1. The summed E-state index contributed by atoms with van der Waals surface area (Å²) in [7, 11) is 1.46. The van der Waals surface area contributed by atoms with Gasteiger partial charge in [0.2, 0.25) is 0 Å². The van der Waals surface area contributed by atoms with Gasteiger partial charge in [-0.05, 0) is 11.0 Å². The first-order valence-electron chi connectivity index (χ1n) is 5.22. The predicted molar refractivity (Wildman–Crippen MR) is 58.5 cm³/mol. The Hall–Kier alpha value is -1.31. The third-order valence-electron chi connectivity index (χ3n) is 3.44. The number of methoxy groups -OCH3 is 1. The smallest absolute Gasteiger partial charge is 0.309 e. The van der Waals surface area contributed by atoms with Gasteiger partial charge in [-0.2, -0.15) is 0 Å². The van der Waals surface area contributed by atoms with Crippen LogP contribution >= 0.6 is 0 Å². The van der Waals surface area contributed by atoms with E-state index in [1.165, 1.54) is 12.7 Å². The van der Waals surface area contributed by atoms with Crippen molar-refractivity contribution in [3.05, 3.63) is 35.9 Å². The van der Waals surface area contributed by atoms with E-state index in [2.05, 4.69) is 26.0 Å². The van der Waals surface area contributed by atoms with E-state index < -0.39 is 0 Å². The van der Waals surface area contributed by atoms with Crippen LogP contribution in [0.5, 0.6) is 0 Å². The molecule has 0 saturated heterocycles. The first-order chi connectivity index (χ1) is 7.09. The van der Waals surface area contributed by atoms with Crippen molar-refractivity contribution in [1.82, 2.24) is 0 Å². The molecule has 2 heteroatoms. The Bertz CT molecular complexity index is 367. The van der Waals surface area contributed by atoms with Gasteiger partial charge in [0.1, 0.15) is 0 Å². The van der Waals surface area contributed by atoms with Crippen molar-refractivity contribution in [2.45, 2.75) is 19.8 Å². The van der Waals surface area contributed by atoms with Gasteiger partial charge in [0.15, 0.2) is 0 Å². The Morgan fingerprint density at radius 1 is 1.27 bits per heavy atom. The molecule has 2 nitrogen and oxygen atoms in total. The average molecular weight is 204 g/mol. The maximum absolute atomic E-state index is 11.6. The molecule has 0 heterocycles. The van der Waals surface area contributed by atoms with Crippen LogP contribution in [-0.4, -0.2) is 13.1 Å². The molecule has 2 rings (SSSR count). The van der Waals surface area contributed by atoms with Crippen LogP contribution in [0, 0.1) is 11.3 Å². The van der Waals surface area contributed by atoms with Crippen LogP contribution in [-0.2, 0) is 9.53 Å². The topological polar surface area (TPSA) is 26.3 Å². The summed E-state index contributed by atoms with van der Waals surface area (Å²) in [5, 5.41) is 0. The quantitative estimate of drug-likeness (QED) is 0.692. The highest BCUT2D eigenvalue weighted by Gasteiger charge is 2.62. The van der Waals surface area contributed by atoms with Gasteiger partial charge in [-0.1, -0.05) is 44.2 Å². The predicted octanol–water partition coefficient (Wildman–Crippen LogP) is 2.60. The van der Waals surface area contributed by atoms with Crippen molar-refractivity contribution in [3.63, 3.8) is 0 Å². The van der Waals surface area contributed by atoms with Crippen molar-refractivity contribution in [2.24, 2.45) is 11.3 Å². The van der Waals surface area contributed by atoms with E-state index in [0.717, 1.165) is 0 Å². The van der Waals surface area contributed by atoms with E-state index >= 15 is 0 Å². The normalized spacial score (nSPS) is 27.1. The van der Waals surface area contributed by atoms with Crippen molar-refractivity contribution >= 4 is 5.97 Å². The van der Waals surface area contributed by atoms with Gasteiger partial charge in [0.05, 0.1) is 13.0 Å². The summed E-state index contributed by atoms with van der Waals surface area (Å²) in [6.07, 6.45) is 0. The standard InChI is InChI=1S/C13H16O2/c1-13(2)10(11(13)12(14)15-3)9-7-5-4-6-8-9/h4-8,10-11H,1-3H3/t10?,11-/m1/s1. The Labute approximate surface area is 90.3 Å². The molecule has 0 spiro atoms. The third-order valence-corrected chi connectivity index (χ3v) is 3.44. The number of carbonyl (C=O) groups excluding carboxylic acids is 1. The number of ether oxygens (including phenoxy) is 1. The zero-order chi connectivity index (χ0) is 11.1. The average Bonchev–Trinajstić information content (AvgIpc) is 2.82. The molecule has 1 aromatic carbocycles. The second-order valence-electron chi connectivity index (χ2n) is 4.71. The summed E-state index contributed by atoms with van der Waals surface area (Å²) < 4.78 is 4.82. The van der Waals surface area contributed by atoms with E-state index in [4.69, 9.17) is 4.74 Å². The van der Waals surface area contributed by atoms with Gasteiger partial charge in [0.25, 0.3) is 0 Å². The van der Waals surface area contributed by atoms with Crippen LogP contribution in [0.1, 0.15) is 25.3 Å². The SMILES string of the molecule is COC(=O)[C@H]1C(c2ccccc2)C1(C)C. The van der Waals surface area contributed by atoms with Gasteiger partial charge in [-0.25, -0.2) is 0 Å². The largest absolute Gasteiger partial charge is 0.469 e. The van der Waals surface area contributed by atoms with Gasteiger partial charge < -0.3 is 4.74 Å². The Balaban J connectivity index is 2.23. The number of carbonyl (C=O) groups is 1. The van der Waals surface area contributed by atoms with E-state index in [1.807, 2.05) is 18.2 Å². The molecule has 0 N–H and O–H groups in total. The van der Waals surface area contributed by atoms with Gasteiger partial charge >= 0.3 is 5.97 Å². The second kappa shape index (κ2) is 3.37. The maximum Gasteiger partial charge on any atom is 0.309 e. The first kappa shape index (κ1) is 10.2. The summed E-state index contributed by atoms with van der Waals surface area (Å²) >= 11 is 0. The van der Waals surface area contributed by atoms with E-state index in [0.29, 0.717) is 5.92 Å². The Kier molecular flexibility index (Phi) is 2.29. The highest BCUT2D eigenvalue weighted by atomic mass is 16.5. The number of hydrogen-bond acceptors (Lipinski definition) is 2. The van der Waals surface area contributed by atoms with Crippen LogP contribution in [0.4, 0.5) is 0 Å². The Morgan fingerprint density at radius 3 is 2.40 bits per heavy atom. The first-order valence-corrected chi connectivity index (χ1v) is 5.22. The molecular weight excluding hydrogens is 188 g/mol. The van der Waals surface area contributed by atoms with Crippen LogP contribution in [0.2, 0.25) is 0 Å². The molecule has 0 aromatic heterocycles. The molecule has 0 aliphatic heterocycles. The minimum atomic E-state index is -0.0890. The van der Waals surface area contributed by atoms with Crippen molar-refractivity contribution in [2.75, 3.05) is 7.11 Å². The molecule has 0 amide bonds. The van der Waals surface area contributed by atoms with E-state index in [9.17, 15) is 4.79 Å². The van der Waals surface area contributed by atoms with Crippen molar-refractivity contribution in [1.29, 1.82) is 0 Å². The third kappa shape index (κ3) is 1.54. The summed E-state index contributed by atoms with van der Waals surface area (Å²) in [6, 6.07) is 10.2. The second-order valence-corrected chi connectivity index (χ2v) is 4.71. The van der Waals surface area contributed by atoms with Gasteiger partial charge in [0, 0.05) is 5.92 Å².